The number of cyclic esters (lactones) is 1. The monoisotopic (exact) mass is 471 g/mol. The molecule has 3 saturated heterocycles. The fraction of sp³-hybridized carbons (Fsp3) is 0.583. The number of rotatable bonds is 6. The van der Waals surface area contributed by atoms with E-state index in [1.54, 1.807) is 17.0 Å². The van der Waals surface area contributed by atoms with Gasteiger partial charge in [-0.15, -0.1) is 0 Å². The van der Waals surface area contributed by atoms with Crippen LogP contribution in [0.1, 0.15) is 32.6 Å². The number of nitrogens with zero attached hydrogens (tertiary/aromatic N) is 4. The van der Waals surface area contributed by atoms with Crippen LogP contribution < -0.4 is 15.1 Å². The number of benzene rings is 1. The second-order valence-electron chi connectivity index (χ2n) is 9.15. The van der Waals surface area contributed by atoms with E-state index in [4.69, 9.17) is 4.74 Å². The Morgan fingerprint density at radius 3 is 2.56 bits per heavy atom. The number of halogens is 1. The molecule has 0 aromatic heterocycles. The summed E-state index contributed by atoms with van der Waals surface area (Å²) in [5.74, 6) is -1.40. The summed E-state index contributed by atoms with van der Waals surface area (Å²) in [6.07, 6.45) is 2.19. The normalized spacial score (nSPS) is 21.9. The molecule has 2 atom stereocenters. The molecule has 0 bridgehead atoms. The lowest BCUT2D eigenvalue weighted by atomic mass is 9.84. The van der Waals surface area contributed by atoms with Crippen LogP contribution in [-0.2, 0) is 14.3 Å². The maximum Gasteiger partial charge on any atom is 0.414 e. The fourth-order valence-corrected chi connectivity index (χ4v) is 4.99. The molecule has 3 fully saturated rings. The van der Waals surface area contributed by atoms with Gasteiger partial charge in [-0.3, -0.25) is 14.5 Å². The van der Waals surface area contributed by atoms with E-state index in [0.717, 1.165) is 25.9 Å². The van der Waals surface area contributed by atoms with Gasteiger partial charge in [0, 0.05) is 33.1 Å². The molecule has 0 spiro atoms. The summed E-state index contributed by atoms with van der Waals surface area (Å²) in [6.45, 7) is 4.38. The van der Waals surface area contributed by atoms with E-state index in [1.807, 2.05) is 4.90 Å². The smallest absolute Gasteiger partial charge is 0.414 e. The summed E-state index contributed by atoms with van der Waals surface area (Å²) in [7, 11) is 0. The van der Waals surface area contributed by atoms with Gasteiger partial charge in [0.1, 0.15) is 17.8 Å². The average molecular weight is 472 g/mol. The number of nitrogens with one attached hydrogen (secondary N) is 1. The molecule has 3 aliphatic heterocycles. The number of amides is 3. The van der Waals surface area contributed by atoms with Gasteiger partial charge in [-0.05, 0) is 49.8 Å². The van der Waals surface area contributed by atoms with Crippen molar-refractivity contribution in [3.8, 4) is 6.07 Å². The molecule has 1 aromatic carbocycles. The number of nitriles is 1. The van der Waals surface area contributed by atoms with E-state index in [2.05, 4.69) is 11.4 Å². The fourth-order valence-electron chi connectivity index (χ4n) is 4.99. The van der Waals surface area contributed by atoms with E-state index in [0.29, 0.717) is 37.3 Å². The third kappa shape index (κ3) is 5.08. The molecule has 3 amide bonds. The Bertz CT molecular complexity index is 982. The van der Waals surface area contributed by atoms with Gasteiger partial charge < -0.3 is 19.9 Å². The van der Waals surface area contributed by atoms with Gasteiger partial charge in [0.15, 0.2) is 0 Å². The Morgan fingerprint density at radius 2 is 1.94 bits per heavy atom. The molecule has 1 N–H and O–H groups in total. The Morgan fingerprint density at radius 1 is 1.24 bits per heavy atom. The largest absolute Gasteiger partial charge is 0.442 e. The maximum absolute atomic E-state index is 15.0. The first-order chi connectivity index (χ1) is 16.4. The van der Waals surface area contributed by atoms with Crippen LogP contribution >= 0.6 is 0 Å². The number of anilines is 2. The highest BCUT2D eigenvalue weighted by Crippen LogP contribution is 2.33. The molecule has 1 unspecified atom stereocenters. The minimum absolute atomic E-state index is 0.0309. The first-order valence-electron chi connectivity index (χ1n) is 11.8. The summed E-state index contributed by atoms with van der Waals surface area (Å²) in [5, 5.41) is 12.3. The number of hydrogen-bond donors (Lipinski definition) is 1. The van der Waals surface area contributed by atoms with E-state index >= 15 is 4.39 Å². The van der Waals surface area contributed by atoms with Gasteiger partial charge in [-0.25, -0.2) is 9.18 Å². The Balaban J connectivity index is 1.36. The van der Waals surface area contributed by atoms with Crippen LogP contribution in [0.5, 0.6) is 0 Å². The number of hydrogen-bond acceptors (Lipinski definition) is 6. The van der Waals surface area contributed by atoms with Crippen molar-refractivity contribution in [1.82, 2.24) is 10.2 Å². The van der Waals surface area contributed by atoms with Crippen molar-refractivity contribution in [1.29, 1.82) is 5.26 Å². The molecule has 4 rings (SSSR count). The summed E-state index contributed by atoms with van der Waals surface area (Å²) in [5.41, 5.74) is 0.830. The molecule has 0 radical (unpaired) electrons. The molecule has 34 heavy (non-hydrogen) atoms. The van der Waals surface area contributed by atoms with E-state index in [1.165, 1.54) is 17.9 Å². The Hall–Kier alpha value is -3.35. The lowest BCUT2D eigenvalue weighted by Gasteiger charge is -2.36. The minimum Gasteiger partial charge on any atom is -0.442 e. The molecule has 1 aromatic rings. The quantitative estimate of drug-likeness (QED) is 0.682. The molecule has 3 aliphatic rings. The van der Waals surface area contributed by atoms with Gasteiger partial charge in [-0.1, -0.05) is 0 Å². The van der Waals surface area contributed by atoms with Gasteiger partial charge in [0.25, 0.3) is 0 Å². The van der Waals surface area contributed by atoms with Gasteiger partial charge in [0.05, 0.1) is 30.5 Å². The summed E-state index contributed by atoms with van der Waals surface area (Å²) in [4.78, 5) is 41.1. The predicted molar refractivity (Wildman–Crippen MR) is 123 cm³/mol. The lowest BCUT2D eigenvalue weighted by molar-refractivity contribution is -0.134. The van der Waals surface area contributed by atoms with Crippen molar-refractivity contribution in [2.45, 2.75) is 38.7 Å². The lowest BCUT2D eigenvalue weighted by Crippen LogP contribution is -2.42. The van der Waals surface area contributed by atoms with Crippen LogP contribution in [-0.4, -0.2) is 68.2 Å². The minimum atomic E-state index is -0.640. The van der Waals surface area contributed by atoms with Crippen molar-refractivity contribution in [2.24, 2.45) is 11.8 Å². The molecule has 0 saturated carbocycles. The highest BCUT2D eigenvalue weighted by Gasteiger charge is 2.36. The van der Waals surface area contributed by atoms with Crippen molar-refractivity contribution < 1.29 is 23.5 Å². The zero-order valence-electron chi connectivity index (χ0n) is 19.3. The maximum atomic E-state index is 15.0. The molecule has 10 heteroatoms. The first kappa shape index (κ1) is 23.8. The van der Waals surface area contributed by atoms with Gasteiger partial charge in [-0.2, -0.15) is 5.26 Å². The van der Waals surface area contributed by atoms with Gasteiger partial charge >= 0.3 is 6.09 Å². The summed E-state index contributed by atoms with van der Waals surface area (Å²) >= 11 is 0. The molecule has 182 valence electrons. The van der Waals surface area contributed by atoms with Crippen molar-refractivity contribution in [3.05, 3.63) is 24.0 Å². The molecule has 9 nitrogen and oxygen atoms in total. The standard InChI is InChI=1S/C24H30FN5O4/c1-16(31)27-14-19-15-30(24(33)34-19)18-4-5-22(21(25)12-18)28-10-6-17(7-11-28)20(13-26)23(32)29-8-2-3-9-29/h4-5,12,17,19-20H,2-3,6-11,14-15H2,1H3,(H,27,31)/t19-,20?/m0/s1. The second kappa shape index (κ2) is 10.3. The summed E-state index contributed by atoms with van der Waals surface area (Å²) in [6, 6.07) is 6.87. The third-order valence-corrected chi connectivity index (χ3v) is 6.87. The topological polar surface area (TPSA) is 106 Å². The summed E-state index contributed by atoms with van der Waals surface area (Å²) < 4.78 is 20.3. The predicted octanol–water partition coefficient (Wildman–Crippen LogP) is 2.27. The van der Waals surface area contributed by atoms with Crippen LogP contribution in [0.15, 0.2) is 18.2 Å². The Labute approximate surface area is 198 Å². The van der Waals surface area contributed by atoms with Crippen molar-refractivity contribution in [2.75, 3.05) is 49.1 Å². The highest BCUT2D eigenvalue weighted by molar-refractivity contribution is 5.90. The van der Waals surface area contributed by atoms with E-state index in [-0.39, 0.29) is 30.8 Å². The number of carbonyl (C=O) groups excluding carboxylic acids is 3. The van der Waals surface area contributed by atoms with Crippen LogP contribution in [0.3, 0.4) is 0 Å². The molecule has 0 aliphatic carbocycles. The molecular formula is C24H30FN5O4. The van der Waals surface area contributed by atoms with Crippen LogP contribution in [0.4, 0.5) is 20.6 Å². The zero-order valence-corrected chi connectivity index (χ0v) is 19.3. The van der Waals surface area contributed by atoms with Crippen LogP contribution in [0, 0.1) is 29.0 Å². The van der Waals surface area contributed by atoms with Crippen molar-refractivity contribution >= 4 is 29.3 Å². The zero-order chi connectivity index (χ0) is 24.2. The van der Waals surface area contributed by atoms with E-state index < -0.39 is 23.9 Å². The highest BCUT2D eigenvalue weighted by atomic mass is 19.1. The SMILES string of the molecule is CC(=O)NC[C@H]1CN(c2ccc(N3CCC(C(C#N)C(=O)N4CCCC4)CC3)c(F)c2)C(=O)O1. The number of carbonyl (C=O) groups is 3. The third-order valence-electron chi connectivity index (χ3n) is 6.87. The van der Waals surface area contributed by atoms with E-state index in [9.17, 15) is 19.6 Å². The second-order valence-corrected chi connectivity index (χ2v) is 9.15. The van der Waals surface area contributed by atoms with Gasteiger partial charge in [0.2, 0.25) is 11.8 Å². The Kier molecular flexibility index (Phi) is 7.20. The first-order valence-corrected chi connectivity index (χ1v) is 11.8. The number of ether oxygens (including phenoxy) is 1. The molecule has 3 heterocycles. The van der Waals surface area contributed by atoms with Crippen molar-refractivity contribution in [3.63, 3.8) is 0 Å². The van der Waals surface area contributed by atoms with Crippen LogP contribution in [0.2, 0.25) is 0 Å². The molecular weight excluding hydrogens is 441 g/mol. The van der Waals surface area contributed by atoms with Crippen LogP contribution in [0.25, 0.3) is 0 Å². The number of likely N-dealkylation sites (tertiary alicyclic amines) is 1. The number of piperidine rings is 1. The average Bonchev–Trinajstić information content (AvgIpc) is 3.49.